The molecule has 0 bridgehead atoms. The number of hydrogen-bond donors (Lipinski definition) is 2. The largest absolute Gasteiger partial charge is 0.370 e. The lowest BCUT2D eigenvalue weighted by Crippen LogP contribution is -2.32. The molecule has 0 aliphatic heterocycles. The lowest BCUT2D eigenvalue weighted by Gasteiger charge is -2.07. The highest BCUT2D eigenvalue weighted by Gasteiger charge is 2.00. The highest BCUT2D eigenvalue weighted by Crippen LogP contribution is 2.07. The number of nitrogens with two attached hydrogens (primary N) is 1. The normalized spacial score (nSPS) is 11.9. The Labute approximate surface area is 125 Å². The quantitative estimate of drug-likeness (QED) is 0.626. The first-order valence-electron chi connectivity index (χ1n) is 7.14. The van der Waals surface area contributed by atoms with Crippen molar-refractivity contribution in [1.29, 1.82) is 0 Å². The van der Waals surface area contributed by atoms with Crippen LogP contribution in [0.4, 0.5) is 0 Å². The summed E-state index contributed by atoms with van der Waals surface area (Å²) < 4.78 is 1.72. The molecule has 0 saturated carbocycles. The van der Waals surface area contributed by atoms with Crippen molar-refractivity contribution in [2.75, 3.05) is 6.54 Å². The van der Waals surface area contributed by atoms with Crippen molar-refractivity contribution in [3.8, 4) is 5.82 Å². The maximum atomic E-state index is 5.85. The molecule has 2 heterocycles. The number of aromatic nitrogens is 3. The molecule has 0 atom stereocenters. The van der Waals surface area contributed by atoms with E-state index in [1.807, 2.05) is 24.4 Å². The Hall–Kier alpha value is -2.37. The van der Waals surface area contributed by atoms with E-state index in [4.69, 9.17) is 5.73 Å². The molecule has 3 N–H and O–H groups in total. The van der Waals surface area contributed by atoms with Gasteiger partial charge < -0.3 is 11.1 Å². The molecule has 0 aliphatic rings. The van der Waals surface area contributed by atoms with Gasteiger partial charge in [0.05, 0.1) is 6.54 Å². The monoisotopic (exact) mass is 286 g/mol. The van der Waals surface area contributed by atoms with Gasteiger partial charge in [-0.1, -0.05) is 13.8 Å². The molecule has 0 saturated heterocycles. The Morgan fingerprint density at radius 3 is 3.00 bits per heavy atom. The minimum Gasteiger partial charge on any atom is -0.370 e. The van der Waals surface area contributed by atoms with Crippen LogP contribution in [0.2, 0.25) is 0 Å². The van der Waals surface area contributed by atoms with Gasteiger partial charge in [0.1, 0.15) is 0 Å². The maximum Gasteiger partial charge on any atom is 0.188 e. The molecule has 0 aliphatic carbocycles. The first-order valence-corrected chi connectivity index (χ1v) is 7.14. The Kier molecular flexibility index (Phi) is 5.31. The van der Waals surface area contributed by atoms with Gasteiger partial charge in [0.2, 0.25) is 0 Å². The predicted octanol–water partition coefficient (Wildman–Crippen LogP) is 1.72. The SMILES string of the molecule is CC(C)CCNC(N)=NCc1ccnc(-n2cccn2)c1. The number of hydrogen-bond acceptors (Lipinski definition) is 3. The average Bonchev–Trinajstić information content (AvgIpc) is 2.99. The summed E-state index contributed by atoms with van der Waals surface area (Å²) in [5.41, 5.74) is 6.89. The Balaban J connectivity index is 1.92. The van der Waals surface area contributed by atoms with Crippen LogP contribution in [0, 0.1) is 5.92 Å². The second kappa shape index (κ2) is 7.42. The van der Waals surface area contributed by atoms with E-state index < -0.39 is 0 Å². The zero-order valence-electron chi connectivity index (χ0n) is 12.5. The fourth-order valence-corrected chi connectivity index (χ4v) is 1.81. The van der Waals surface area contributed by atoms with E-state index in [1.54, 1.807) is 17.1 Å². The third-order valence-electron chi connectivity index (χ3n) is 3.01. The highest BCUT2D eigenvalue weighted by molar-refractivity contribution is 5.77. The Morgan fingerprint density at radius 1 is 1.43 bits per heavy atom. The van der Waals surface area contributed by atoms with Gasteiger partial charge in [-0.2, -0.15) is 5.10 Å². The van der Waals surface area contributed by atoms with E-state index in [-0.39, 0.29) is 0 Å². The van der Waals surface area contributed by atoms with Gasteiger partial charge in [0, 0.05) is 25.1 Å². The number of nitrogens with zero attached hydrogens (tertiary/aromatic N) is 4. The second-order valence-electron chi connectivity index (χ2n) is 5.28. The summed E-state index contributed by atoms with van der Waals surface area (Å²) in [6, 6.07) is 5.75. The third kappa shape index (κ3) is 4.91. The molecule has 0 amide bonds. The van der Waals surface area contributed by atoms with Crippen LogP contribution >= 0.6 is 0 Å². The van der Waals surface area contributed by atoms with E-state index >= 15 is 0 Å². The fourth-order valence-electron chi connectivity index (χ4n) is 1.81. The van der Waals surface area contributed by atoms with Gasteiger partial charge in [-0.3, -0.25) is 0 Å². The van der Waals surface area contributed by atoms with E-state index in [9.17, 15) is 0 Å². The van der Waals surface area contributed by atoms with Crippen molar-refractivity contribution in [3.63, 3.8) is 0 Å². The summed E-state index contributed by atoms with van der Waals surface area (Å²) in [4.78, 5) is 8.62. The molecular weight excluding hydrogens is 264 g/mol. The van der Waals surface area contributed by atoms with Gasteiger partial charge in [-0.25, -0.2) is 14.7 Å². The summed E-state index contributed by atoms with van der Waals surface area (Å²) in [6.45, 7) is 5.74. The van der Waals surface area contributed by atoms with Crippen molar-refractivity contribution < 1.29 is 0 Å². The first-order chi connectivity index (χ1) is 10.1. The van der Waals surface area contributed by atoms with E-state index in [1.165, 1.54) is 0 Å². The summed E-state index contributed by atoms with van der Waals surface area (Å²) in [5, 5.41) is 7.28. The van der Waals surface area contributed by atoms with Crippen LogP contribution in [0.15, 0.2) is 41.8 Å². The molecule has 6 heteroatoms. The van der Waals surface area contributed by atoms with Gasteiger partial charge >= 0.3 is 0 Å². The molecule has 112 valence electrons. The van der Waals surface area contributed by atoms with Gasteiger partial charge in [-0.05, 0) is 36.1 Å². The van der Waals surface area contributed by atoms with E-state index in [2.05, 4.69) is 34.2 Å². The van der Waals surface area contributed by atoms with Crippen molar-refractivity contribution in [1.82, 2.24) is 20.1 Å². The van der Waals surface area contributed by atoms with Gasteiger partial charge in [-0.15, -0.1) is 0 Å². The number of nitrogens with one attached hydrogen (secondary N) is 1. The molecule has 0 aromatic carbocycles. The zero-order valence-corrected chi connectivity index (χ0v) is 12.5. The zero-order chi connectivity index (χ0) is 15.1. The Morgan fingerprint density at radius 2 is 2.29 bits per heavy atom. The molecule has 6 nitrogen and oxygen atoms in total. The smallest absolute Gasteiger partial charge is 0.188 e. The molecule has 2 aromatic rings. The van der Waals surface area contributed by atoms with Crippen molar-refractivity contribution >= 4 is 5.96 Å². The Bertz CT molecular complexity index is 574. The van der Waals surface area contributed by atoms with Crippen LogP contribution in [0.5, 0.6) is 0 Å². The summed E-state index contributed by atoms with van der Waals surface area (Å²) >= 11 is 0. The van der Waals surface area contributed by atoms with Crippen molar-refractivity contribution in [2.45, 2.75) is 26.8 Å². The molecule has 21 heavy (non-hydrogen) atoms. The van der Waals surface area contributed by atoms with Crippen molar-refractivity contribution in [3.05, 3.63) is 42.4 Å². The van der Waals surface area contributed by atoms with Crippen LogP contribution < -0.4 is 11.1 Å². The van der Waals surface area contributed by atoms with Crippen LogP contribution in [0.3, 0.4) is 0 Å². The van der Waals surface area contributed by atoms with E-state index in [0.717, 1.165) is 24.3 Å². The van der Waals surface area contributed by atoms with Crippen LogP contribution in [0.25, 0.3) is 5.82 Å². The molecule has 0 fully saturated rings. The molecular formula is C15H22N6. The average molecular weight is 286 g/mol. The highest BCUT2D eigenvalue weighted by atomic mass is 15.3. The minimum atomic E-state index is 0.480. The molecule has 0 spiro atoms. The second-order valence-corrected chi connectivity index (χ2v) is 5.28. The standard InChI is InChI=1S/C15H22N6/c1-12(2)4-7-18-15(16)19-11-13-5-8-17-14(10-13)21-9-3-6-20-21/h3,5-6,8-10,12H,4,7,11H2,1-2H3,(H3,16,18,19). The summed E-state index contributed by atoms with van der Waals surface area (Å²) in [5.74, 6) is 1.91. The molecule has 0 radical (unpaired) electrons. The van der Waals surface area contributed by atoms with Crippen LogP contribution in [-0.2, 0) is 6.54 Å². The summed E-state index contributed by atoms with van der Waals surface area (Å²) in [6.07, 6.45) is 6.42. The lowest BCUT2D eigenvalue weighted by molar-refractivity contribution is 0.576. The maximum absolute atomic E-state index is 5.85. The molecule has 0 unspecified atom stereocenters. The van der Waals surface area contributed by atoms with Gasteiger partial charge in [0.15, 0.2) is 11.8 Å². The first kappa shape index (κ1) is 15.0. The van der Waals surface area contributed by atoms with Crippen LogP contribution in [0.1, 0.15) is 25.8 Å². The van der Waals surface area contributed by atoms with Gasteiger partial charge in [0.25, 0.3) is 0 Å². The predicted molar refractivity (Wildman–Crippen MR) is 84.1 cm³/mol. The fraction of sp³-hybridized carbons (Fsp3) is 0.400. The number of aliphatic imine (C=N–C) groups is 1. The molecule has 2 rings (SSSR count). The van der Waals surface area contributed by atoms with Crippen LogP contribution in [-0.4, -0.2) is 27.3 Å². The number of guanidine groups is 1. The van der Waals surface area contributed by atoms with Crippen molar-refractivity contribution in [2.24, 2.45) is 16.6 Å². The third-order valence-corrected chi connectivity index (χ3v) is 3.01. The lowest BCUT2D eigenvalue weighted by atomic mass is 10.1. The minimum absolute atomic E-state index is 0.480. The topological polar surface area (TPSA) is 81.1 Å². The van der Waals surface area contributed by atoms with E-state index in [0.29, 0.717) is 18.4 Å². The number of rotatable bonds is 6. The molecule has 2 aromatic heterocycles. The summed E-state index contributed by atoms with van der Waals surface area (Å²) in [7, 11) is 0. The number of pyridine rings is 1.